The van der Waals surface area contributed by atoms with Crippen LogP contribution >= 0.6 is 38.9 Å². The van der Waals surface area contributed by atoms with Gasteiger partial charge in [-0.15, -0.1) is 11.3 Å². The highest BCUT2D eigenvalue weighted by Gasteiger charge is 2.20. The Morgan fingerprint density at radius 3 is 2.75 bits per heavy atom. The second-order valence-corrected chi connectivity index (χ2v) is 7.31. The molecule has 1 unspecified atom stereocenters. The summed E-state index contributed by atoms with van der Waals surface area (Å²) < 4.78 is 3.06. The second-order valence-electron chi connectivity index (χ2n) is 4.44. The Morgan fingerprint density at radius 1 is 1.50 bits per heavy atom. The van der Waals surface area contributed by atoms with Crippen molar-refractivity contribution >= 4 is 38.9 Å². The zero-order valence-electron chi connectivity index (χ0n) is 11.5. The molecule has 0 aliphatic rings. The van der Waals surface area contributed by atoms with Crippen LogP contribution in [0.2, 0.25) is 5.02 Å². The third kappa shape index (κ3) is 3.26. The van der Waals surface area contributed by atoms with Crippen LogP contribution in [0.1, 0.15) is 36.2 Å². The van der Waals surface area contributed by atoms with Gasteiger partial charge in [0.1, 0.15) is 0 Å². The lowest BCUT2D eigenvalue weighted by Crippen LogP contribution is -2.29. The van der Waals surface area contributed by atoms with Gasteiger partial charge >= 0.3 is 0 Å². The van der Waals surface area contributed by atoms with Crippen molar-refractivity contribution < 1.29 is 0 Å². The summed E-state index contributed by atoms with van der Waals surface area (Å²) in [6.07, 6.45) is 1.56. The highest BCUT2D eigenvalue weighted by molar-refractivity contribution is 9.11. The minimum Gasteiger partial charge on any atom is -0.271 e. The standard InChI is InChI=1S/C13H18BrClN4S/c1-3-8-13(15)10(19(4-2)18-8)7-9(17-16)11-5-6-12(14)20-11/h5-6,9,17H,3-4,7,16H2,1-2H3. The van der Waals surface area contributed by atoms with Gasteiger partial charge in [0.25, 0.3) is 0 Å². The van der Waals surface area contributed by atoms with Crippen molar-refractivity contribution in [3.05, 3.63) is 37.2 Å². The molecule has 2 aromatic heterocycles. The summed E-state index contributed by atoms with van der Waals surface area (Å²) in [6.45, 7) is 4.94. The maximum absolute atomic E-state index is 6.44. The third-order valence-electron chi connectivity index (χ3n) is 3.23. The van der Waals surface area contributed by atoms with Crippen LogP contribution in [-0.2, 0) is 19.4 Å². The van der Waals surface area contributed by atoms with Gasteiger partial charge in [-0.1, -0.05) is 18.5 Å². The molecule has 4 nitrogen and oxygen atoms in total. The number of nitrogens with one attached hydrogen (secondary N) is 1. The first-order valence-electron chi connectivity index (χ1n) is 6.56. The van der Waals surface area contributed by atoms with Gasteiger partial charge in [0.05, 0.1) is 26.2 Å². The molecular formula is C13H18BrClN4S. The summed E-state index contributed by atoms with van der Waals surface area (Å²) in [5.74, 6) is 5.71. The Bertz CT molecular complexity index is 581. The fourth-order valence-corrected chi connectivity index (χ4v) is 3.99. The molecule has 20 heavy (non-hydrogen) atoms. The van der Waals surface area contributed by atoms with Gasteiger partial charge in [-0.3, -0.25) is 16.0 Å². The fourth-order valence-electron chi connectivity index (χ4n) is 2.16. The van der Waals surface area contributed by atoms with E-state index in [0.29, 0.717) is 0 Å². The molecule has 110 valence electrons. The smallest absolute Gasteiger partial charge is 0.0850 e. The summed E-state index contributed by atoms with van der Waals surface area (Å²) in [7, 11) is 0. The molecule has 2 aromatic rings. The van der Waals surface area contributed by atoms with Gasteiger partial charge in [0.15, 0.2) is 0 Å². The van der Waals surface area contributed by atoms with Crippen molar-refractivity contribution in [2.24, 2.45) is 5.84 Å². The van der Waals surface area contributed by atoms with Crippen LogP contribution in [0.3, 0.4) is 0 Å². The molecule has 0 saturated heterocycles. The van der Waals surface area contributed by atoms with E-state index in [2.05, 4.69) is 46.4 Å². The molecule has 0 radical (unpaired) electrons. The van der Waals surface area contributed by atoms with Crippen molar-refractivity contribution in [3.63, 3.8) is 0 Å². The van der Waals surface area contributed by atoms with Crippen LogP contribution in [0, 0.1) is 0 Å². The zero-order valence-corrected chi connectivity index (χ0v) is 14.6. The van der Waals surface area contributed by atoms with E-state index in [4.69, 9.17) is 17.4 Å². The van der Waals surface area contributed by atoms with Crippen molar-refractivity contribution in [2.75, 3.05) is 0 Å². The Hall–Kier alpha value is -0.400. The highest BCUT2D eigenvalue weighted by Crippen LogP contribution is 2.31. The van der Waals surface area contributed by atoms with E-state index >= 15 is 0 Å². The number of rotatable bonds is 6. The molecule has 0 aliphatic carbocycles. The quantitative estimate of drug-likeness (QED) is 0.596. The maximum atomic E-state index is 6.44. The summed E-state index contributed by atoms with van der Waals surface area (Å²) in [5.41, 5.74) is 4.87. The van der Waals surface area contributed by atoms with E-state index in [9.17, 15) is 0 Å². The summed E-state index contributed by atoms with van der Waals surface area (Å²) >= 11 is 11.6. The molecule has 3 N–H and O–H groups in total. The first-order chi connectivity index (χ1) is 9.60. The molecule has 0 aliphatic heterocycles. The van der Waals surface area contributed by atoms with E-state index in [1.165, 1.54) is 4.88 Å². The van der Waals surface area contributed by atoms with Gasteiger partial charge in [0.2, 0.25) is 0 Å². The average Bonchev–Trinajstić information content (AvgIpc) is 3.00. The van der Waals surface area contributed by atoms with Crippen LogP contribution in [0.15, 0.2) is 15.9 Å². The first kappa shape index (κ1) is 16.0. The Labute approximate surface area is 136 Å². The van der Waals surface area contributed by atoms with Crippen LogP contribution < -0.4 is 11.3 Å². The lowest BCUT2D eigenvalue weighted by molar-refractivity contribution is 0.522. The SMILES string of the molecule is CCc1nn(CC)c(CC(NN)c2ccc(Br)s2)c1Cl. The van der Waals surface area contributed by atoms with Gasteiger partial charge in [-0.25, -0.2) is 0 Å². The molecule has 7 heteroatoms. The van der Waals surface area contributed by atoms with Gasteiger partial charge < -0.3 is 0 Å². The molecule has 0 bridgehead atoms. The Kier molecular flexibility index (Phi) is 5.63. The van der Waals surface area contributed by atoms with Crippen LogP contribution in [0.5, 0.6) is 0 Å². The molecule has 0 spiro atoms. The van der Waals surface area contributed by atoms with E-state index < -0.39 is 0 Å². The number of aromatic nitrogens is 2. The van der Waals surface area contributed by atoms with Crippen molar-refractivity contribution in [2.45, 2.75) is 39.3 Å². The number of hydrogen-bond donors (Lipinski definition) is 2. The topological polar surface area (TPSA) is 55.9 Å². The predicted molar refractivity (Wildman–Crippen MR) is 88.1 cm³/mol. The van der Waals surface area contributed by atoms with Crippen LogP contribution in [0.25, 0.3) is 0 Å². The normalized spacial score (nSPS) is 12.8. The maximum Gasteiger partial charge on any atom is 0.0850 e. The van der Waals surface area contributed by atoms with E-state index in [1.54, 1.807) is 11.3 Å². The molecule has 0 aromatic carbocycles. The summed E-state index contributed by atoms with van der Waals surface area (Å²) in [5, 5.41) is 5.31. The number of nitrogens with two attached hydrogens (primary N) is 1. The van der Waals surface area contributed by atoms with Gasteiger partial charge in [-0.2, -0.15) is 5.10 Å². The molecule has 0 fully saturated rings. The van der Waals surface area contributed by atoms with E-state index in [-0.39, 0.29) is 6.04 Å². The molecule has 1 atom stereocenters. The van der Waals surface area contributed by atoms with Gasteiger partial charge in [0, 0.05) is 17.8 Å². The largest absolute Gasteiger partial charge is 0.271 e. The number of hydrogen-bond acceptors (Lipinski definition) is 4. The summed E-state index contributed by atoms with van der Waals surface area (Å²) in [6, 6.07) is 4.14. The molecule has 0 amide bonds. The van der Waals surface area contributed by atoms with Crippen LogP contribution in [-0.4, -0.2) is 9.78 Å². The number of nitrogens with zero attached hydrogens (tertiary/aromatic N) is 2. The van der Waals surface area contributed by atoms with E-state index in [0.717, 1.165) is 39.6 Å². The predicted octanol–water partition coefficient (Wildman–Crippen LogP) is 3.69. The number of thiophene rings is 1. The molecule has 2 rings (SSSR count). The molecule has 0 saturated carbocycles. The second kappa shape index (κ2) is 7.04. The number of halogens is 2. The average molecular weight is 378 g/mol. The van der Waals surface area contributed by atoms with Crippen molar-refractivity contribution in [1.82, 2.24) is 15.2 Å². The van der Waals surface area contributed by atoms with E-state index in [1.807, 2.05) is 10.7 Å². The minimum atomic E-state index is 0.0375. The van der Waals surface area contributed by atoms with Gasteiger partial charge in [-0.05, 0) is 41.4 Å². The fraction of sp³-hybridized carbons (Fsp3) is 0.462. The lowest BCUT2D eigenvalue weighted by atomic mass is 10.1. The molecule has 2 heterocycles. The first-order valence-corrected chi connectivity index (χ1v) is 8.54. The Morgan fingerprint density at radius 2 is 2.25 bits per heavy atom. The summed E-state index contributed by atoms with van der Waals surface area (Å²) in [4.78, 5) is 1.18. The number of hydrazine groups is 1. The third-order valence-corrected chi connectivity index (χ3v) is 5.40. The lowest BCUT2D eigenvalue weighted by Gasteiger charge is -2.15. The highest BCUT2D eigenvalue weighted by atomic mass is 79.9. The minimum absolute atomic E-state index is 0.0375. The zero-order chi connectivity index (χ0) is 14.7. The van der Waals surface area contributed by atoms with Crippen molar-refractivity contribution in [1.29, 1.82) is 0 Å². The monoisotopic (exact) mass is 376 g/mol. The molecular weight excluding hydrogens is 360 g/mol. The number of aryl methyl sites for hydroxylation is 2. The Balaban J connectivity index is 2.29. The van der Waals surface area contributed by atoms with Crippen LogP contribution in [0.4, 0.5) is 0 Å². The van der Waals surface area contributed by atoms with Crippen molar-refractivity contribution in [3.8, 4) is 0 Å².